The standard InChI is InChI=1S/C13H21F3N4.ClH/c1-12(4-5-17-8-12)9-19(2)6-10-7-20(3)18-11(10)13(14,15)16;/h7,17H,4-6,8-9H2,1-3H3;1H. The zero-order valence-electron chi connectivity index (χ0n) is 12.5. The lowest BCUT2D eigenvalue weighted by atomic mass is 9.89. The Labute approximate surface area is 129 Å². The molecule has 1 aliphatic heterocycles. The lowest BCUT2D eigenvalue weighted by Crippen LogP contribution is -2.35. The molecule has 1 aliphatic rings. The molecule has 0 radical (unpaired) electrons. The highest BCUT2D eigenvalue weighted by Crippen LogP contribution is 2.32. The molecule has 1 aromatic heterocycles. The van der Waals surface area contributed by atoms with E-state index in [1.54, 1.807) is 0 Å². The number of halogens is 4. The predicted molar refractivity (Wildman–Crippen MR) is 77.4 cm³/mol. The Balaban J connectivity index is 0.00000220. The third kappa shape index (κ3) is 4.59. The quantitative estimate of drug-likeness (QED) is 0.921. The summed E-state index contributed by atoms with van der Waals surface area (Å²) < 4.78 is 39.9. The molecule has 0 aromatic carbocycles. The Bertz CT molecular complexity index is 466. The van der Waals surface area contributed by atoms with Crippen LogP contribution in [0.4, 0.5) is 13.2 Å². The maximum Gasteiger partial charge on any atom is 0.435 e. The first kappa shape index (κ1) is 18.3. The molecule has 21 heavy (non-hydrogen) atoms. The third-order valence-corrected chi connectivity index (χ3v) is 3.72. The zero-order chi connectivity index (χ0) is 15.0. The van der Waals surface area contributed by atoms with Gasteiger partial charge in [-0.25, -0.2) is 0 Å². The molecule has 122 valence electrons. The maximum absolute atomic E-state index is 12.9. The van der Waals surface area contributed by atoms with Gasteiger partial charge in [0.15, 0.2) is 5.69 Å². The second-order valence-corrected chi connectivity index (χ2v) is 6.08. The summed E-state index contributed by atoms with van der Waals surface area (Å²) in [5.74, 6) is 0. The molecule has 0 amide bonds. The fourth-order valence-corrected chi connectivity index (χ4v) is 2.89. The van der Waals surface area contributed by atoms with Gasteiger partial charge < -0.3 is 10.2 Å². The SMILES string of the molecule is CN(Cc1cn(C)nc1C(F)(F)F)CC1(C)CCNC1.Cl. The van der Waals surface area contributed by atoms with Crippen molar-refractivity contribution in [2.75, 3.05) is 26.7 Å². The van der Waals surface area contributed by atoms with E-state index in [0.29, 0.717) is 0 Å². The van der Waals surface area contributed by atoms with Gasteiger partial charge in [0, 0.05) is 38.4 Å². The van der Waals surface area contributed by atoms with Crippen LogP contribution in [0.5, 0.6) is 0 Å². The van der Waals surface area contributed by atoms with Gasteiger partial charge in [0.2, 0.25) is 0 Å². The van der Waals surface area contributed by atoms with E-state index in [0.717, 1.165) is 26.1 Å². The largest absolute Gasteiger partial charge is 0.435 e. The Hall–Kier alpha value is -0.790. The summed E-state index contributed by atoms with van der Waals surface area (Å²) in [6, 6.07) is 0. The van der Waals surface area contributed by atoms with E-state index in [2.05, 4.69) is 17.3 Å². The summed E-state index contributed by atoms with van der Waals surface area (Å²) in [5, 5.41) is 6.84. The van der Waals surface area contributed by atoms with Crippen molar-refractivity contribution in [3.8, 4) is 0 Å². The number of aromatic nitrogens is 2. The average Bonchev–Trinajstić information content (AvgIpc) is 2.84. The number of nitrogens with one attached hydrogen (secondary N) is 1. The molecule has 2 rings (SSSR count). The molecule has 0 aliphatic carbocycles. The number of hydrogen-bond donors (Lipinski definition) is 1. The van der Waals surface area contributed by atoms with Crippen LogP contribution in [0.25, 0.3) is 0 Å². The highest BCUT2D eigenvalue weighted by atomic mass is 35.5. The lowest BCUT2D eigenvalue weighted by molar-refractivity contribution is -0.142. The molecule has 1 N–H and O–H groups in total. The highest BCUT2D eigenvalue weighted by Gasteiger charge is 2.37. The molecular weight excluding hydrogens is 305 g/mol. The van der Waals surface area contributed by atoms with Gasteiger partial charge >= 0.3 is 6.18 Å². The topological polar surface area (TPSA) is 33.1 Å². The summed E-state index contributed by atoms with van der Waals surface area (Å²) in [5.41, 5.74) is -0.409. The second kappa shape index (κ2) is 6.54. The molecule has 8 heteroatoms. The van der Waals surface area contributed by atoms with Crippen LogP contribution in [0, 0.1) is 5.41 Å². The summed E-state index contributed by atoms with van der Waals surface area (Å²) in [6.45, 7) is 5.09. The fraction of sp³-hybridized carbons (Fsp3) is 0.769. The second-order valence-electron chi connectivity index (χ2n) is 6.08. The molecular formula is C13H22ClF3N4. The molecule has 4 nitrogen and oxygen atoms in total. The van der Waals surface area contributed by atoms with Gasteiger partial charge in [0.1, 0.15) is 0 Å². The minimum absolute atomic E-state index is 0. The zero-order valence-corrected chi connectivity index (χ0v) is 13.3. The van der Waals surface area contributed by atoms with E-state index < -0.39 is 11.9 Å². The van der Waals surface area contributed by atoms with Crippen LogP contribution in [-0.2, 0) is 19.8 Å². The van der Waals surface area contributed by atoms with Gasteiger partial charge in [-0.1, -0.05) is 6.92 Å². The van der Waals surface area contributed by atoms with E-state index in [4.69, 9.17) is 0 Å². The van der Waals surface area contributed by atoms with Crippen molar-refractivity contribution in [2.45, 2.75) is 26.1 Å². The first-order valence-corrected chi connectivity index (χ1v) is 6.69. The van der Waals surface area contributed by atoms with Gasteiger partial charge in [-0.3, -0.25) is 4.68 Å². The molecule has 1 saturated heterocycles. The van der Waals surface area contributed by atoms with Crippen molar-refractivity contribution >= 4 is 12.4 Å². The van der Waals surface area contributed by atoms with Crippen LogP contribution < -0.4 is 5.32 Å². The Morgan fingerprint density at radius 3 is 2.67 bits per heavy atom. The first-order chi connectivity index (χ1) is 9.20. The molecule has 1 fully saturated rings. The molecule has 1 aromatic rings. The number of rotatable bonds is 4. The summed E-state index contributed by atoms with van der Waals surface area (Å²) in [4.78, 5) is 1.94. The number of aryl methyl sites for hydroxylation is 1. The van der Waals surface area contributed by atoms with Gasteiger partial charge in [-0.05, 0) is 25.4 Å². The van der Waals surface area contributed by atoms with E-state index >= 15 is 0 Å². The predicted octanol–water partition coefficient (Wildman–Crippen LogP) is 2.29. The van der Waals surface area contributed by atoms with Crippen LogP contribution in [0.1, 0.15) is 24.6 Å². The lowest BCUT2D eigenvalue weighted by Gasteiger charge is -2.29. The number of hydrogen-bond acceptors (Lipinski definition) is 3. The van der Waals surface area contributed by atoms with Gasteiger partial charge in [-0.15, -0.1) is 12.4 Å². The molecule has 0 saturated carbocycles. The molecule has 0 bridgehead atoms. The van der Waals surface area contributed by atoms with Crippen LogP contribution in [0.3, 0.4) is 0 Å². The maximum atomic E-state index is 12.9. The van der Waals surface area contributed by atoms with Crippen LogP contribution in [0.2, 0.25) is 0 Å². The Morgan fingerprint density at radius 2 is 2.14 bits per heavy atom. The van der Waals surface area contributed by atoms with Crippen LogP contribution >= 0.6 is 12.4 Å². The Kier molecular flexibility index (Phi) is 5.69. The van der Waals surface area contributed by atoms with E-state index in [-0.39, 0.29) is 29.9 Å². The van der Waals surface area contributed by atoms with Crippen molar-refractivity contribution in [3.05, 3.63) is 17.5 Å². The first-order valence-electron chi connectivity index (χ1n) is 6.69. The van der Waals surface area contributed by atoms with Crippen molar-refractivity contribution in [1.82, 2.24) is 20.0 Å². The van der Waals surface area contributed by atoms with Crippen molar-refractivity contribution in [3.63, 3.8) is 0 Å². The average molecular weight is 327 g/mol. The molecule has 1 atom stereocenters. The summed E-state index contributed by atoms with van der Waals surface area (Å²) in [7, 11) is 3.37. The fourth-order valence-electron chi connectivity index (χ4n) is 2.89. The van der Waals surface area contributed by atoms with E-state index in [9.17, 15) is 13.2 Å². The van der Waals surface area contributed by atoms with Gasteiger partial charge in [0.25, 0.3) is 0 Å². The van der Waals surface area contributed by atoms with Gasteiger partial charge in [-0.2, -0.15) is 18.3 Å². The normalized spacial score (nSPS) is 22.6. The Morgan fingerprint density at radius 1 is 1.48 bits per heavy atom. The van der Waals surface area contributed by atoms with Gasteiger partial charge in [0.05, 0.1) is 0 Å². The number of nitrogens with zero attached hydrogens (tertiary/aromatic N) is 3. The highest BCUT2D eigenvalue weighted by molar-refractivity contribution is 5.85. The molecule has 2 heterocycles. The smallest absolute Gasteiger partial charge is 0.316 e. The minimum Gasteiger partial charge on any atom is -0.316 e. The minimum atomic E-state index is -4.39. The third-order valence-electron chi connectivity index (χ3n) is 3.72. The van der Waals surface area contributed by atoms with E-state index in [1.807, 2.05) is 11.9 Å². The summed E-state index contributed by atoms with van der Waals surface area (Å²) >= 11 is 0. The van der Waals surface area contributed by atoms with E-state index in [1.165, 1.54) is 17.9 Å². The van der Waals surface area contributed by atoms with Crippen LogP contribution in [-0.4, -0.2) is 41.4 Å². The van der Waals surface area contributed by atoms with Crippen molar-refractivity contribution < 1.29 is 13.2 Å². The number of alkyl halides is 3. The monoisotopic (exact) mass is 326 g/mol. The van der Waals surface area contributed by atoms with Crippen molar-refractivity contribution in [2.24, 2.45) is 12.5 Å². The van der Waals surface area contributed by atoms with Crippen LogP contribution in [0.15, 0.2) is 6.20 Å². The van der Waals surface area contributed by atoms with Crippen molar-refractivity contribution in [1.29, 1.82) is 0 Å². The molecule has 1 unspecified atom stereocenters. The summed E-state index contributed by atoms with van der Waals surface area (Å²) in [6.07, 6.45) is -1.89. The molecule has 0 spiro atoms.